The van der Waals surface area contributed by atoms with Gasteiger partial charge in [-0.05, 0) is 42.4 Å². The summed E-state index contributed by atoms with van der Waals surface area (Å²) in [4.78, 5) is 12.3. The summed E-state index contributed by atoms with van der Waals surface area (Å²) in [5.41, 5.74) is 2.87. The summed E-state index contributed by atoms with van der Waals surface area (Å²) in [5, 5.41) is 12.5. The summed E-state index contributed by atoms with van der Waals surface area (Å²) in [7, 11) is 1.64. The van der Waals surface area contributed by atoms with Gasteiger partial charge in [0, 0.05) is 6.54 Å². The van der Waals surface area contributed by atoms with Gasteiger partial charge < -0.3 is 10.1 Å². The van der Waals surface area contributed by atoms with Crippen LogP contribution in [0.3, 0.4) is 0 Å². The van der Waals surface area contributed by atoms with E-state index in [1.54, 1.807) is 7.11 Å². The molecule has 1 unspecified atom stereocenters. The molecule has 0 saturated heterocycles. The van der Waals surface area contributed by atoms with Gasteiger partial charge in [-0.25, -0.2) is 5.48 Å². The quantitative estimate of drug-likeness (QED) is 0.533. The maximum atomic E-state index is 12.3. The molecule has 23 heavy (non-hydrogen) atoms. The fraction of sp³-hybridized carbons (Fsp3) is 0.611. The molecule has 1 aromatic carbocycles. The van der Waals surface area contributed by atoms with Gasteiger partial charge in [0.2, 0.25) is 0 Å². The lowest BCUT2D eigenvalue weighted by atomic mass is 9.67. The van der Waals surface area contributed by atoms with Gasteiger partial charge in [-0.2, -0.15) is 0 Å². The molecule has 5 heteroatoms. The highest BCUT2D eigenvalue weighted by atomic mass is 16.5. The maximum Gasteiger partial charge on any atom is 0.261 e. The van der Waals surface area contributed by atoms with Crippen LogP contribution in [-0.4, -0.2) is 24.3 Å². The molecule has 1 fully saturated rings. The number of carbonyl (C=O) groups excluding carboxylic acids is 1. The molecule has 1 aliphatic rings. The third-order valence-electron chi connectivity index (χ3n) is 5.21. The standard InChI is InChI=1S/C18H28N2O3/c1-3-18(11-5-4-6-12-18)16(17(21)20-22)19-13-14-7-9-15(23-2)10-8-14/h7-10,16,19,22H,3-6,11-13H2,1-2H3,(H,20,21). The minimum atomic E-state index is -0.375. The zero-order valence-electron chi connectivity index (χ0n) is 14.1. The molecule has 1 atom stereocenters. The maximum absolute atomic E-state index is 12.3. The second-order valence-electron chi connectivity index (χ2n) is 6.41. The number of hydrogen-bond acceptors (Lipinski definition) is 4. The lowest BCUT2D eigenvalue weighted by molar-refractivity contribution is -0.136. The van der Waals surface area contributed by atoms with Crippen molar-refractivity contribution < 1.29 is 14.7 Å². The Hall–Kier alpha value is -1.59. The molecule has 0 heterocycles. The molecule has 1 aromatic rings. The third kappa shape index (κ3) is 4.24. The summed E-state index contributed by atoms with van der Waals surface area (Å²) in [5.74, 6) is 0.484. The van der Waals surface area contributed by atoms with Crippen molar-refractivity contribution in [3.63, 3.8) is 0 Å². The third-order valence-corrected chi connectivity index (χ3v) is 5.21. The first kappa shape index (κ1) is 17.8. The molecule has 3 N–H and O–H groups in total. The summed E-state index contributed by atoms with van der Waals surface area (Å²) >= 11 is 0. The highest BCUT2D eigenvalue weighted by Gasteiger charge is 2.42. The van der Waals surface area contributed by atoms with Gasteiger partial charge >= 0.3 is 0 Å². The Morgan fingerprint density at radius 1 is 1.26 bits per heavy atom. The number of rotatable bonds is 7. The van der Waals surface area contributed by atoms with E-state index in [0.717, 1.165) is 43.4 Å². The Morgan fingerprint density at radius 2 is 1.91 bits per heavy atom. The lowest BCUT2D eigenvalue weighted by Crippen LogP contribution is -2.54. The van der Waals surface area contributed by atoms with E-state index in [0.29, 0.717) is 6.54 Å². The molecule has 5 nitrogen and oxygen atoms in total. The number of carbonyl (C=O) groups is 1. The van der Waals surface area contributed by atoms with Gasteiger partial charge in [0.05, 0.1) is 13.2 Å². The second-order valence-corrected chi connectivity index (χ2v) is 6.41. The number of ether oxygens (including phenoxy) is 1. The van der Waals surface area contributed by atoms with E-state index >= 15 is 0 Å². The molecule has 0 aliphatic heterocycles. The van der Waals surface area contributed by atoms with Crippen LogP contribution in [0.5, 0.6) is 5.75 Å². The van der Waals surface area contributed by atoms with Gasteiger partial charge in [0.1, 0.15) is 5.75 Å². The van der Waals surface area contributed by atoms with E-state index in [9.17, 15) is 4.79 Å². The predicted octanol–water partition coefficient (Wildman–Crippen LogP) is 3.02. The highest BCUT2D eigenvalue weighted by molar-refractivity contribution is 5.81. The van der Waals surface area contributed by atoms with E-state index in [2.05, 4.69) is 12.2 Å². The fourth-order valence-electron chi connectivity index (χ4n) is 3.72. The number of benzene rings is 1. The van der Waals surface area contributed by atoms with Crippen LogP contribution in [0.25, 0.3) is 0 Å². The fourth-order valence-corrected chi connectivity index (χ4v) is 3.72. The van der Waals surface area contributed by atoms with Gasteiger partial charge in [0.25, 0.3) is 5.91 Å². The van der Waals surface area contributed by atoms with Crippen LogP contribution >= 0.6 is 0 Å². The Balaban J connectivity index is 2.09. The van der Waals surface area contributed by atoms with Crippen molar-refractivity contribution in [1.82, 2.24) is 10.8 Å². The van der Waals surface area contributed by atoms with Crippen LogP contribution in [0.15, 0.2) is 24.3 Å². The molecule has 0 spiro atoms. The number of nitrogens with one attached hydrogen (secondary N) is 2. The first-order valence-corrected chi connectivity index (χ1v) is 8.45. The van der Waals surface area contributed by atoms with Crippen LogP contribution in [0.2, 0.25) is 0 Å². The highest BCUT2D eigenvalue weighted by Crippen LogP contribution is 2.42. The van der Waals surface area contributed by atoms with E-state index in [-0.39, 0.29) is 17.4 Å². The molecule has 1 aliphatic carbocycles. The van der Waals surface area contributed by atoms with E-state index in [1.165, 1.54) is 6.42 Å². The average molecular weight is 320 g/mol. The van der Waals surface area contributed by atoms with E-state index < -0.39 is 0 Å². The largest absolute Gasteiger partial charge is 0.497 e. The van der Waals surface area contributed by atoms with Crippen molar-refractivity contribution >= 4 is 5.91 Å². The Labute approximate surface area is 138 Å². The number of hydroxylamine groups is 1. The second kappa shape index (κ2) is 8.31. The Morgan fingerprint density at radius 3 is 2.43 bits per heavy atom. The molecule has 0 aromatic heterocycles. The minimum absolute atomic E-state index is 0.0719. The van der Waals surface area contributed by atoms with E-state index in [4.69, 9.17) is 9.94 Å². The van der Waals surface area contributed by atoms with Crippen molar-refractivity contribution in [1.29, 1.82) is 0 Å². The molecular formula is C18H28N2O3. The van der Waals surface area contributed by atoms with Gasteiger partial charge in [-0.1, -0.05) is 38.3 Å². The average Bonchev–Trinajstić information content (AvgIpc) is 2.62. The number of hydrogen-bond donors (Lipinski definition) is 3. The van der Waals surface area contributed by atoms with Crippen molar-refractivity contribution in [2.45, 2.75) is 58.0 Å². The van der Waals surface area contributed by atoms with Crippen LogP contribution in [0.4, 0.5) is 0 Å². The monoisotopic (exact) mass is 320 g/mol. The molecule has 128 valence electrons. The smallest absolute Gasteiger partial charge is 0.261 e. The zero-order chi connectivity index (χ0) is 16.7. The summed E-state index contributed by atoms with van der Waals surface area (Å²) in [6, 6.07) is 7.42. The van der Waals surface area contributed by atoms with Crippen LogP contribution in [0.1, 0.15) is 51.0 Å². The van der Waals surface area contributed by atoms with Crippen molar-refractivity contribution in [2.75, 3.05) is 7.11 Å². The van der Waals surface area contributed by atoms with Crippen molar-refractivity contribution in [3.8, 4) is 5.75 Å². The Kier molecular flexibility index (Phi) is 6.42. The van der Waals surface area contributed by atoms with Gasteiger partial charge in [-0.3, -0.25) is 10.0 Å². The first-order chi connectivity index (χ1) is 11.1. The van der Waals surface area contributed by atoms with Gasteiger partial charge in [0.15, 0.2) is 0 Å². The van der Waals surface area contributed by atoms with Crippen LogP contribution in [-0.2, 0) is 11.3 Å². The summed E-state index contributed by atoms with van der Waals surface area (Å²) in [6.07, 6.45) is 6.50. The summed E-state index contributed by atoms with van der Waals surface area (Å²) < 4.78 is 5.16. The molecule has 1 saturated carbocycles. The minimum Gasteiger partial charge on any atom is -0.497 e. The summed E-state index contributed by atoms with van der Waals surface area (Å²) in [6.45, 7) is 2.72. The number of methoxy groups -OCH3 is 1. The molecule has 0 bridgehead atoms. The SMILES string of the molecule is CCC1(C(NCc2ccc(OC)cc2)C(=O)NO)CCCCC1. The number of amides is 1. The van der Waals surface area contributed by atoms with Crippen LogP contribution < -0.4 is 15.5 Å². The Bertz CT molecular complexity index is 495. The molecule has 2 rings (SSSR count). The molecular weight excluding hydrogens is 292 g/mol. The first-order valence-electron chi connectivity index (χ1n) is 8.45. The zero-order valence-corrected chi connectivity index (χ0v) is 14.1. The van der Waals surface area contributed by atoms with Crippen molar-refractivity contribution in [2.24, 2.45) is 5.41 Å². The lowest BCUT2D eigenvalue weighted by Gasteiger charge is -2.42. The normalized spacial score (nSPS) is 18.2. The van der Waals surface area contributed by atoms with E-state index in [1.807, 2.05) is 29.7 Å². The van der Waals surface area contributed by atoms with Gasteiger partial charge in [-0.15, -0.1) is 0 Å². The van der Waals surface area contributed by atoms with Crippen LogP contribution in [0, 0.1) is 5.41 Å². The molecule has 0 radical (unpaired) electrons. The topological polar surface area (TPSA) is 70.6 Å². The predicted molar refractivity (Wildman–Crippen MR) is 89.4 cm³/mol. The molecule has 1 amide bonds. The van der Waals surface area contributed by atoms with Crippen molar-refractivity contribution in [3.05, 3.63) is 29.8 Å².